The van der Waals surface area contributed by atoms with E-state index >= 15 is 0 Å². The van der Waals surface area contributed by atoms with Crippen molar-refractivity contribution in [1.29, 1.82) is 0 Å². The summed E-state index contributed by atoms with van der Waals surface area (Å²) in [5.41, 5.74) is 0.224. The van der Waals surface area contributed by atoms with E-state index in [4.69, 9.17) is 23.2 Å². The maximum atomic E-state index is 12.0. The summed E-state index contributed by atoms with van der Waals surface area (Å²) >= 11 is 12.0. The molecule has 0 unspecified atom stereocenters. The molecule has 1 aromatic rings. The summed E-state index contributed by atoms with van der Waals surface area (Å²) in [5, 5.41) is 14.7. The quantitative estimate of drug-likeness (QED) is 0.777. The number of piperidine rings is 1. The van der Waals surface area contributed by atoms with Gasteiger partial charge in [0, 0.05) is 45.6 Å². The zero-order valence-corrected chi connectivity index (χ0v) is 16.7. The van der Waals surface area contributed by atoms with Crippen molar-refractivity contribution < 1.29 is 14.7 Å². The molecule has 3 amide bonds. The van der Waals surface area contributed by atoms with Gasteiger partial charge in [0.05, 0.1) is 15.6 Å². The summed E-state index contributed by atoms with van der Waals surface area (Å²) in [6.45, 7) is 3.23. The van der Waals surface area contributed by atoms with Crippen molar-refractivity contribution in [3.05, 3.63) is 33.8 Å². The Hall–Kier alpha value is -1.34. The van der Waals surface area contributed by atoms with Crippen LogP contribution in [0.3, 0.4) is 0 Å². The predicted molar refractivity (Wildman–Crippen MR) is 105 cm³/mol. The monoisotopic (exact) mass is 413 g/mol. The van der Waals surface area contributed by atoms with E-state index < -0.39 is 5.60 Å². The second kappa shape index (κ2) is 8.78. The van der Waals surface area contributed by atoms with Gasteiger partial charge in [-0.15, -0.1) is 0 Å². The fourth-order valence-corrected chi connectivity index (χ4v) is 4.00. The maximum Gasteiger partial charge on any atom is 0.324 e. The lowest BCUT2D eigenvalue weighted by Crippen LogP contribution is -2.48. The Morgan fingerprint density at radius 1 is 1.19 bits per heavy atom. The van der Waals surface area contributed by atoms with Gasteiger partial charge in [0.15, 0.2) is 0 Å². The molecule has 2 saturated heterocycles. The van der Waals surface area contributed by atoms with Gasteiger partial charge in [-0.25, -0.2) is 4.79 Å². The Labute approximate surface area is 169 Å². The summed E-state index contributed by atoms with van der Waals surface area (Å²) in [6.07, 6.45) is 3.07. The third-order valence-electron chi connectivity index (χ3n) is 5.33. The Bertz CT molecular complexity index is 705. The third kappa shape index (κ3) is 5.35. The fourth-order valence-electron chi connectivity index (χ4n) is 3.68. The number of imide groups is 1. The summed E-state index contributed by atoms with van der Waals surface area (Å²) in [6, 6.07) is 5.16. The molecule has 3 rings (SSSR count). The van der Waals surface area contributed by atoms with Gasteiger partial charge in [-0.3, -0.25) is 9.69 Å². The molecule has 2 N–H and O–H groups in total. The molecule has 148 valence electrons. The highest BCUT2D eigenvalue weighted by molar-refractivity contribution is 6.42. The van der Waals surface area contributed by atoms with E-state index in [9.17, 15) is 14.7 Å². The topological polar surface area (TPSA) is 72.9 Å². The van der Waals surface area contributed by atoms with Crippen molar-refractivity contribution in [2.75, 3.05) is 32.7 Å². The molecule has 2 heterocycles. The number of urea groups is 1. The van der Waals surface area contributed by atoms with Crippen LogP contribution >= 0.6 is 23.2 Å². The average molecular weight is 414 g/mol. The lowest BCUT2D eigenvalue weighted by Gasteiger charge is -2.38. The Balaban J connectivity index is 1.41. The van der Waals surface area contributed by atoms with Crippen molar-refractivity contribution in [1.82, 2.24) is 15.1 Å². The van der Waals surface area contributed by atoms with Crippen LogP contribution in [0.2, 0.25) is 10.0 Å². The SMILES string of the molecule is O=C1CCCN1C(=O)NCCN1CCC(O)(Cc2ccc(Cl)c(Cl)c2)CC1. The second-order valence-corrected chi connectivity index (χ2v) is 8.19. The van der Waals surface area contributed by atoms with Crippen molar-refractivity contribution in [3.63, 3.8) is 0 Å². The number of carbonyl (C=O) groups is 2. The van der Waals surface area contributed by atoms with Crippen molar-refractivity contribution >= 4 is 35.1 Å². The number of nitrogens with zero attached hydrogens (tertiary/aromatic N) is 2. The second-order valence-electron chi connectivity index (χ2n) is 7.37. The summed E-state index contributed by atoms with van der Waals surface area (Å²) < 4.78 is 0. The highest BCUT2D eigenvalue weighted by atomic mass is 35.5. The van der Waals surface area contributed by atoms with Crippen molar-refractivity contribution in [2.45, 2.75) is 37.7 Å². The third-order valence-corrected chi connectivity index (χ3v) is 6.07. The van der Waals surface area contributed by atoms with E-state index in [-0.39, 0.29) is 11.9 Å². The highest BCUT2D eigenvalue weighted by Gasteiger charge is 2.32. The van der Waals surface area contributed by atoms with Gasteiger partial charge in [-0.05, 0) is 37.0 Å². The highest BCUT2D eigenvalue weighted by Crippen LogP contribution is 2.29. The minimum Gasteiger partial charge on any atom is -0.389 e. The largest absolute Gasteiger partial charge is 0.389 e. The Kier molecular flexibility index (Phi) is 6.63. The van der Waals surface area contributed by atoms with Gasteiger partial charge in [0.1, 0.15) is 0 Å². The number of amides is 3. The molecule has 8 heteroatoms. The van der Waals surface area contributed by atoms with Crippen LogP contribution in [-0.4, -0.2) is 65.2 Å². The number of aliphatic hydroxyl groups is 1. The molecule has 27 heavy (non-hydrogen) atoms. The molecule has 0 aromatic heterocycles. The number of likely N-dealkylation sites (tertiary alicyclic amines) is 2. The minimum absolute atomic E-state index is 0.0992. The smallest absolute Gasteiger partial charge is 0.324 e. The van der Waals surface area contributed by atoms with Gasteiger partial charge in [-0.2, -0.15) is 0 Å². The fraction of sp³-hybridized carbons (Fsp3) is 0.579. The molecule has 1 aromatic carbocycles. The summed E-state index contributed by atoms with van der Waals surface area (Å²) in [7, 11) is 0. The predicted octanol–water partition coefficient (Wildman–Crippen LogP) is 2.69. The molecule has 0 atom stereocenters. The van der Waals surface area contributed by atoms with E-state index in [0.717, 1.165) is 25.1 Å². The molecule has 2 fully saturated rings. The molecule has 0 spiro atoms. The molecule has 2 aliphatic heterocycles. The molecular weight excluding hydrogens is 389 g/mol. The van der Waals surface area contributed by atoms with Crippen LogP contribution in [0.25, 0.3) is 0 Å². The number of halogens is 2. The van der Waals surface area contributed by atoms with Crippen LogP contribution < -0.4 is 5.32 Å². The van der Waals surface area contributed by atoms with Crippen molar-refractivity contribution in [3.8, 4) is 0 Å². The van der Waals surface area contributed by atoms with Gasteiger partial charge in [0.2, 0.25) is 5.91 Å². The molecular formula is C19H25Cl2N3O3. The maximum absolute atomic E-state index is 12.0. The lowest BCUT2D eigenvalue weighted by atomic mass is 9.85. The average Bonchev–Trinajstić information content (AvgIpc) is 3.06. The van der Waals surface area contributed by atoms with E-state index in [1.54, 1.807) is 6.07 Å². The van der Waals surface area contributed by atoms with Gasteiger partial charge in [-0.1, -0.05) is 29.3 Å². The van der Waals surface area contributed by atoms with Crippen LogP contribution in [0.4, 0.5) is 4.79 Å². The van der Waals surface area contributed by atoms with Gasteiger partial charge in [0.25, 0.3) is 0 Å². The number of nitrogens with one attached hydrogen (secondary N) is 1. The number of carbonyl (C=O) groups excluding carboxylic acids is 2. The van der Waals surface area contributed by atoms with Crippen LogP contribution in [0, 0.1) is 0 Å². The van der Waals surface area contributed by atoms with Gasteiger partial charge >= 0.3 is 6.03 Å². The van der Waals surface area contributed by atoms with Gasteiger partial charge < -0.3 is 15.3 Å². The van der Waals surface area contributed by atoms with E-state index in [2.05, 4.69) is 10.2 Å². The standard InChI is InChI=1S/C19H25Cl2N3O3/c20-15-4-3-14(12-16(15)21)13-19(27)5-9-23(10-6-19)11-7-22-18(26)24-8-1-2-17(24)25/h3-4,12,27H,1-2,5-11,13H2,(H,22,26). The summed E-state index contributed by atoms with van der Waals surface area (Å²) in [4.78, 5) is 27.0. The van der Waals surface area contributed by atoms with Crippen LogP contribution in [-0.2, 0) is 11.2 Å². The molecule has 0 radical (unpaired) electrons. The molecule has 0 aliphatic carbocycles. The molecule has 2 aliphatic rings. The number of hydrogen-bond acceptors (Lipinski definition) is 4. The number of hydrogen-bond donors (Lipinski definition) is 2. The number of rotatable bonds is 5. The first-order chi connectivity index (χ1) is 12.9. The normalized spacial score (nSPS) is 20.1. The molecule has 6 nitrogen and oxygen atoms in total. The minimum atomic E-state index is -0.751. The Morgan fingerprint density at radius 3 is 2.56 bits per heavy atom. The van der Waals surface area contributed by atoms with Crippen molar-refractivity contribution in [2.24, 2.45) is 0 Å². The first-order valence-electron chi connectivity index (χ1n) is 9.33. The molecule has 0 saturated carbocycles. The van der Waals surface area contributed by atoms with E-state index in [0.29, 0.717) is 55.4 Å². The van der Waals surface area contributed by atoms with Crippen LogP contribution in [0.15, 0.2) is 18.2 Å². The molecule has 0 bridgehead atoms. The lowest BCUT2D eigenvalue weighted by molar-refractivity contribution is -0.125. The Morgan fingerprint density at radius 2 is 1.93 bits per heavy atom. The summed E-state index contributed by atoms with van der Waals surface area (Å²) in [5.74, 6) is -0.0992. The van der Waals surface area contributed by atoms with Crippen LogP contribution in [0.5, 0.6) is 0 Å². The number of benzene rings is 1. The van der Waals surface area contributed by atoms with E-state index in [1.807, 2.05) is 12.1 Å². The van der Waals surface area contributed by atoms with E-state index in [1.165, 1.54) is 4.90 Å². The first-order valence-corrected chi connectivity index (χ1v) is 10.1. The zero-order chi connectivity index (χ0) is 19.4. The first kappa shape index (κ1) is 20.4. The zero-order valence-electron chi connectivity index (χ0n) is 15.2. The van der Waals surface area contributed by atoms with Crippen LogP contribution in [0.1, 0.15) is 31.2 Å².